The van der Waals surface area contributed by atoms with Crippen LogP contribution in [0.25, 0.3) is 0 Å². The molecule has 3 unspecified atom stereocenters. The van der Waals surface area contributed by atoms with Crippen LogP contribution < -0.4 is 5.32 Å². The van der Waals surface area contributed by atoms with Crippen LogP contribution in [0.5, 0.6) is 0 Å². The zero-order valence-electron chi connectivity index (χ0n) is 56.5. The summed E-state index contributed by atoms with van der Waals surface area (Å²) in [5, 5.41) is 3.08. The zero-order valence-corrected chi connectivity index (χ0v) is 57.4. The maximum Gasteiger partial charge on any atom is 0.472 e. The predicted molar refractivity (Wildman–Crippen MR) is 360 cm³/mol. The number of phosphoric ester groups is 1. The Kier molecular flexibility index (Phi) is 62.4. The third-order valence-electron chi connectivity index (χ3n) is 16.9. The van der Waals surface area contributed by atoms with Crippen molar-refractivity contribution in [3.63, 3.8) is 0 Å². The number of hydrogen-bond acceptors (Lipinski definition) is 6. The fourth-order valence-electron chi connectivity index (χ4n) is 11.2. The molecule has 0 fully saturated rings. The molecule has 0 aliphatic heterocycles. The highest BCUT2D eigenvalue weighted by molar-refractivity contribution is 7.47. The number of unbranched alkanes of at least 4 members (excludes halogenated alkanes) is 50. The number of amides is 1. The topological polar surface area (TPSA) is 111 Å². The number of nitrogens with zero attached hydrogens (tertiary/aromatic N) is 1. The molecule has 0 aromatic carbocycles. The molecule has 2 N–H and O–H groups in total. The normalized spacial score (nSPS) is 13.6. The fraction of sp³-hybridized carbons (Fsp3) is 0.918. The third-order valence-corrected chi connectivity index (χ3v) is 17.9. The van der Waals surface area contributed by atoms with Crippen molar-refractivity contribution in [2.45, 2.75) is 392 Å². The van der Waals surface area contributed by atoms with Crippen molar-refractivity contribution in [3.05, 3.63) is 24.3 Å². The van der Waals surface area contributed by atoms with Crippen LogP contribution >= 0.6 is 7.82 Å². The molecule has 9 nitrogen and oxygen atoms in total. The van der Waals surface area contributed by atoms with Crippen molar-refractivity contribution in [1.29, 1.82) is 0 Å². The van der Waals surface area contributed by atoms with Crippen LogP contribution in [-0.4, -0.2) is 74.3 Å². The van der Waals surface area contributed by atoms with Crippen LogP contribution in [0.2, 0.25) is 0 Å². The monoisotopic (exact) mass is 1190 g/mol. The van der Waals surface area contributed by atoms with Crippen LogP contribution in [-0.2, 0) is 27.9 Å². The third kappa shape index (κ3) is 64.8. The van der Waals surface area contributed by atoms with Gasteiger partial charge < -0.3 is 19.4 Å². The van der Waals surface area contributed by atoms with Gasteiger partial charge in [-0.05, 0) is 57.4 Å². The van der Waals surface area contributed by atoms with E-state index in [1.165, 1.54) is 289 Å². The summed E-state index contributed by atoms with van der Waals surface area (Å²) in [5.74, 6) is -0.480. The van der Waals surface area contributed by atoms with E-state index in [1.54, 1.807) is 0 Å². The summed E-state index contributed by atoms with van der Waals surface area (Å²) in [6.45, 7) is 7.09. The standard InChI is InChI=1S/C73H143N2O7P/c1-7-10-13-16-19-22-25-28-30-32-34-36-37-39-41-43-45-48-51-54-57-60-63-66-73(77)82-71(64-61-58-55-52-49-46-27-24-21-18-15-12-9-3)70(69-81-83(78,79)80-68-67-75(4,5)6)74-72(76)65-62-59-56-53-50-47-44-42-40-38-35-33-31-29-26-23-20-17-14-11-8-2/h28,30,61,64,70-71H,7-27,29,31-60,62-63,65-69H2,1-6H3,(H-,74,76,78,79)/p+1/b30-28+,64-61+. The number of allylic oxidation sites excluding steroid dienone is 3. The van der Waals surface area contributed by atoms with Gasteiger partial charge in [0.2, 0.25) is 5.91 Å². The van der Waals surface area contributed by atoms with E-state index in [0.29, 0.717) is 23.9 Å². The van der Waals surface area contributed by atoms with E-state index >= 15 is 0 Å². The molecule has 492 valence electrons. The van der Waals surface area contributed by atoms with Gasteiger partial charge in [0.05, 0.1) is 33.8 Å². The lowest BCUT2D eigenvalue weighted by Crippen LogP contribution is -2.47. The minimum atomic E-state index is -4.45. The summed E-state index contributed by atoms with van der Waals surface area (Å²) >= 11 is 0. The molecule has 0 aromatic heterocycles. The van der Waals surface area contributed by atoms with Gasteiger partial charge in [-0.25, -0.2) is 4.57 Å². The van der Waals surface area contributed by atoms with E-state index in [2.05, 4.69) is 44.3 Å². The van der Waals surface area contributed by atoms with Crippen molar-refractivity contribution < 1.29 is 37.3 Å². The molecule has 0 rings (SSSR count). The van der Waals surface area contributed by atoms with E-state index in [0.717, 1.165) is 57.8 Å². The lowest BCUT2D eigenvalue weighted by Gasteiger charge is -2.27. The number of carbonyl (C=O) groups excluding carboxylic acids is 2. The molecule has 0 spiro atoms. The van der Waals surface area contributed by atoms with E-state index < -0.39 is 20.0 Å². The fourth-order valence-corrected chi connectivity index (χ4v) is 12.0. The Morgan fingerprint density at radius 3 is 1.02 bits per heavy atom. The molecular weight excluding hydrogens is 1050 g/mol. The highest BCUT2D eigenvalue weighted by Gasteiger charge is 2.30. The number of hydrogen-bond donors (Lipinski definition) is 2. The van der Waals surface area contributed by atoms with E-state index in [4.69, 9.17) is 13.8 Å². The Labute approximate surface area is 517 Å². The first kappa shape index (κ1) is 81.5. The highest BCUT2D eigenvalue weighted by Crippen LogP contribution is 2.43. The molecule has 0 bridgehead atoms. The minimum absolute atomic E-state index is 0.0447. The number of carbonyl (C=O) groups is 2. The average molecular weight is 1190 g/mol. The first-order chi connectivity index (χ1) is 40.4. The summed E-state index contributed by atoms with van der Waals surface area (Å²) < 4.78 is 30.9. The van der Waals surface area contributed by atoms with E-state index in [9.17, 15) is 19.0 Å². The van der Waals surface area contributed by atoms with Crippen LogP contribution in [0.1, 0.15) is 380 Å². The van der Waals surface area contributed by atoms with Crippen molar-refractivity contribution in [2.24, 2.45) is 0 Å². The number of likely N-dealkylation sites (N-methyl/N-ethyl adjacent to an activating group) is 1. The quantitative estimate of drug-likeness (QED) is 0.0205. The van der Waals surface area contributed by atoms with E-state index in [1.807, 2.05) is 27.2 Å². The van der Waals surface area contributed by atoms with Crippen LogP contribution in [0.15, 0.2) is 24.3 Å². The lowest BCUT2D eigenvalue weighted by molar-refractivity contribution is -0.870. The zero-order chi connectivity index (χ0) is 60.7. The van der Waals surface area contributed by atoms with Gasteiger partial charge in [-0.15, -0.1) is 0 Å². The Hall–Kier alpha value is -1.51. The smallest absolute Gasteiger partial charge is 0.456 e. The second-order valence-electron chi connectivity index (χ2n) is 26.5. The maximum atomic E-state index is 13.6. The maximum absolute atomic E-state index is 13.6. The average Bonchev–Trinajstić information content (AvgIpc) is 3.47. The molecule has 1 amide bonds. The van der Waals surface area contributed by atoms with Gasteiger partial charge in [-0.1, -0.05) is 334 Å². The van der Waals surface area contributed by atoms with Crippen LogP contribution in [0.3, 0.4) is 0 Å². The second kappa shape index (κ2) is 63.5. The molecule has 0 radical (unpaired) electrons. The van der Waals surface area contributed by atoms with Gasteiger partial charge in [-0.2, -0.15) is 0 Å². The lowest BCUT2D eigenvalue weighted by atomic mass is 10.0. The summed E-state index contributed by atoms with van der Waals surface area (Å²) in [6, 6.07) is -0.843. The molecule has 0 aromatic rings. The van der Waals surface area contributed by atoms with Gasteiger partial charge in [0.1, 0.15) is 19.3 Å². The van der Waals surface area contributed by atoms with Crippen molar-refractivity contribution in [2.75, 3.05) is 40.9 Å². The molecule has 83 heavy (non-hydrogen) atoms. The predicted octanol–water partition coefficient (Wildman–Crippen LogP) is 23.2. The minimum Gasteiger partial charge on any atom is -0.456 e. The number of nitrogens with one attached hydrogen (secondary N) is 1. The first-order valence-corrected chi connectivity index (χ1v) is 38.2. The van der Waals surface area contributed by atoms with Crippen LogP contribution in [0, 0.1) is 0 Å². The van der Waals surface area contributed by atoms with Crippen molar-refractivity contribution >= 4 is 19.7 Å². The van der Waals surface area contributed by atoms with Crippen molar-refractivity contribution in [1.82, 2.24) is 5.32 Å². The number of phosphoric acid groups is 1. The number of ether oxygens (including phenoxy) is 1. The number of quaternary nitrogens is 1. The molecule has 0 aliphatic rings. The summed E-state index contributed by atoms with van der Waals surface area (Å²) in [5.41, 5.74) is 0. The highest BCUT2D eigenvalue weighted by atomic mass is 31.2. The Balaban J connectivity index is 5.05. The molecule has 0 saturated heterocycles. The summed E-state index contributed by atoms with van der Waals surface area (Å²) in [6.07, 6.45) is 77.6. The largest absolute Gasteiger partial charge is 0.472 e. The van der Waals surface area contributed by atoms with Crippen LogP contribution in [0.4, 0.5) is 0 Å². The van der Waals surface area contributed by atoms with Gasteiger partial charge >= 0.3 is 13.8 Å². The Morgan fingerprint density at radius 1 is 0.410 bits per heavy atom. The van der Waals surface area contributed by atoms with E-state index in [-0.39, 0.29) is 25.1 Å². The number of esters is 1. The SMILES string of the molecule is CCCCCCCC/C=C/CCCCCCCCCCCCCCCC(=O)OC(/C=C/CCCCCCCCCCCCC)C(COP(=O)(O)OCC[N+](C)(C)C)NC(=O)CCCCCCCCCCCCCCCCCCCCCCC. The summed E-state index contributed by atoms with van der Waals surface area (Å²) in [4.78, 5) is 37.9. The molecule has 0 aliphatic carbocycles. The molecular formula is C73H144N2O7P+. The van der Waals surface area contributed by atoms with Gasteiger partial charge in [-0.3, -0.25) is 18.6 Å². The Morgan fingerprint density at radius 2 is 0.699 bits per heavy atom. The second-order valence-corrected chi connectivity index (χ2v) is 27.9. The van der Waals surface area contributed by atoms with Gasteiger partial charge in [0.15, 0.2) is 0 Å². The number of rotatable bonds is 68. The molecule has 3 atom stereocenters. The van der Waals surface area contributed by atoms with Crippen molar-refractivity contribution in [3.8, 4) is 0 Å². The first-order valence-electron chi connectivity index (χ1n) is 36.7. The van der Waals surface area contributed by atoms with Gasteiger partial charge in [0, 0.05) is 12.8 Å². The van der Waals surface area contributed by atoms with Gasteiger partial charge in [0.25, 0.3) is 0 Å². The molecule has 0 heterocycles. The Bertz CT molecular complexity index is 1470. The summed E-state index contributed by atoms with van der Waals surface area (Å²) in [7, 11) is 1.52. The molecule has 0 saturated carbocycles. The molecule has 10 heteroatoms.